The van der Waals surface area contributed by atoms with Gasteiger partial charge in [0.05, 0.1) is 7.11 Å². The number of rotatable bonds is 8. The Morgan fingerprint density at radius 1 is 1.26 bits per heavy atom. The molecule has 1 aliphatic rings. The van der Waals surface area contributed by atoms with Crippen molar-refractivity contribution in [2.75, 3.05) is 20.2 Å². The van der Waals surface area contributed by atoms with E-state index in [1.54, 1.807) is 7.11 Å². The lowest BCUT2D eigenvalue weighted by Crippen LogP contribution is -2.22. The summed E-state index contributed by atoms with van der Waals surface area (Å²) in [7, 11) is 1.75. The molecule has 0 aromatic heterocycles. The average molecular weight is 262 g/mol. The normalized spacial score (nSPS) is 14.9. The van der Waals surface area contributed by atoms with Gasteiger partial charge in [-0.05, 0) is 43.6 Å². The second-order valence-corrected chi connectivity index (χ2v) is 5.26. The number of ether oxygens (including phenoxy) is 1. The summed E-state index contributed by atoms with van der Waals surface area (Å²) in [6.07, 6.45) is 2.64. The molecule has 0 bridgehead atoms. The number of hydrogen-bond donors (Lipinski definition) is 1. The molecule has 0 heterocycles. The molecule has 1 aliphatic carbocycles. The van der Waals surface area contributed by atoms with Gasteiger partial charge < -0.3 is 10.1 Å². The first-order chi connectivity index (χ1) is 9.26. The van der Waals surface area contributed by atoms with Crippen LogP contribution in [0.2, 0.25) is 0 Å². The van der Waals surface area contributed by atoms with Crippen LogP contribution in [0.4, 0.5) is 0 Å². The van der Waals surface area contributed by atoms with Crippen molar-refractivity contribution >= 4 is 0 Å². The van der Waals surface area contributed by atoms with Crippen molar-refractivity contribution in [3.63, 3.8) is 0 Å². The highest BCUT2D eigenvalue weighted by Crippen LogP contribution is 2.24. The molecule has 0 aliphatic heterocycles. The highest BCUT2D eigenvalue weighted by atomic mass is 16.5. The molecule has 106 valence electrons. The van der Waals surface area contributed by atoms with Crippen LogP contribution in [0.5, 0.6) is 5.75 Å². The van der Waals surface area contributed by atoms with Crippen molar-refractivity contribution in [1.82, 2.24) is 10.2 Å². The van der Waals surface area contributed by atoms with E-state index in [2.05, 4.69) is 42.3 Å². The topological polar surface area (TPSA) is 24.5 Å². The molecule has 1 N–H and O–H groups in total. The van der Waals surface area contributed by atoms with Crippen LogP contribution in [0.1, 0.15) is 37.8 Å². The average Bonchev–Trinajstić information content (AvgIpc) is 3.26. The van der Waals surface area contributed by atoms with Gasteiger partial charge in [-0.15, -0.1) is 0 Å². The second-order valence-electron chi connectivity index (χ2n) is 5.26. The Morgan fingerprint density at radius 2 is 2.00 bits per heavy atom. The van der Waals surface area contributed by atoms with Gasteiger partial charge in [-0.3, -0.25) is 4.90 Å². The third-order valence-electron chi connectivity index (χ3n) is 3.80. The highest BCUT2D eigenvalue weighted by Gasteiger charge is 2.20. The third-order valence-corrected chi connectivity index (χ3v) is 3.80. The molecule has 1 saturated carbocycles. The molecular weight excluding hydrogens is 236 g/mol. The van der Waals surface area contributed by atoms with Gasteiger partial charge in [-0.2, -0.15) is 0 Å². The van der Waals surface area contributed by atoms with Gasteiger partial charge in [0, 0.05) is 24.7 Å². The van der Waals surface area contributed by atoms with Crippen molar-refractivity contribution < 1.29 is 4.74 Å². The number of benzene rings is 1. The van der Waals surface area contributed by atoms with Crippen LogP contribution in [-0.2, 0) is 13.1 Å². The van der Waals surface area contributed by atoms with Gasteiger partial charge in [0.25, 0.3) is 0 Å². The van der Waals surface area contributed by atoms with Crippen molar-refractivity contribution in [3.05, 3.63) is 29.3 Å². The Bertz CT molecular complexity index is 398. The summed E-state index contributed by atoms with van der Waals surface area (Å²) in [6.45, 7) is 8.55. The van der Waals surface area contributed by atoms with Crippen molar-refractivity contribution in [3.8, 4) is 5.75 Å². The van der Waals surface area contributed by atoms with Crippen LogP contribution >= 0.6 is 0 Å². The molecule has 3 nitrogen and oxygen atoms in total. The molecule has 1 aromatic rings. The van der Waals surface area contributed by atoms with Crippen molar-refractivity contribution in [2.24, 2.45) is 0 Å². The van der Waals surface area contributed by atoms with Crippen LogP contribution in [0.3, 0.4) is 0 Å². The minimum absolute atomic E-state index is 0.733. The van der Waals surface area contributed by atoms with Gasteiger partial charge in [0.1, 0.15) is 5.75 Å². The fourth-order valence-corrected chi connectivity index (χ4v) is 2.32. The second kappa shape index (κ2) is 6.92. The Balaban J connectivity index is 2.04. The lowest BCUT2D eigenvalue weighted by molar-refractivity contribution is 0.295. The SMILES string of the molecule is CCN(CC)Cc1ccc(OC)c(CNC2CC2)c1. The van der Waals surface area contributed by atoms with E-state index in [1.807, 2.05) is 0 Å². The zero-order valence-electron chi connectivity index (χ0n) is 12.4. The van der Waals surface area contributed by atoms with E-state index in [1.165, 1.54) is 24.0 Å². The molecule has 0 unspecified atom stereocenters. The van der Waals surface area contributed by atoms with Gasteiger partial charge in [-0.1, -0.05) is 19.9 Å². The molecule has 0 atom stereocenters. The minimum atomic E-state index is 0.733. The van der Waals surface area contributed by atoms with Gasteiger partial charge in [0.15, 0.2) is 0 Å². The quantitative estimate of drug-likeness (QED) is 0.779. The van der Waals surface area contributed by atoms with Crippen molar-refractivity contribution in [1.29, 1.82) is 0 Å². The number of hydrogen-bond acceptors (Lipinski definition) is 3. The molecule has 3 heteroatoms. The summed E-state index contributed by atoms with van der Waals surface area (Å²) in [6, 6.07) is 7.30. The van der Waals surface area contributed by atoms with E-state index in [0.717, 1.165) is 38.0 Å². The maximum atomic E-state index is 5.46. The first-order valence-electron chi connectivity index (χ1n) is 7.38. The smallest absolute Gasteiger partial charge is 0.123 e. The molecule has 2 rings (SSSR count). The fraction of sp³-hybridized carbons (Fsp3) is 0.625. The summed E-state index contributed by atoms with van der Waals surface area (Å²) in [5.41, 5.74) is 2.65. The zero-order valence-corrected chi connectivity index (χ0v) is 12.4. The van der Waals surface area contributed by atoms with E-state index in [0.29, 0.717) is 0 Å². The molecule has 0 amide bonds. The molecule has 0 saturated heterocycles. The largest absolute Gasteiger partial charge is 0.496 e. The molecular formula is C16H26N2O. The molecule has 0 spiro atoms. The first kappa shape index (κ1) is 14.4. The van der Waals surface area contributed by atoms with E-state index in [4.69, 9.17) is 4.74 Å². The molecule has 19 heavy (non-hydrogen) atoms. The maximum absolute atomic E-state index is 5.46. The lowest BCUT2D eigenvalue weighted by Gasteiger charge is -2.19. The minimum Gasteiger partial charge on any atom is -0.496 e. The first-order valence-corrected chi connectivity index (χ1v) is 7.38. The number of nitrogens with zero attached hydrogens (tertiary/aromatic N) is 1. The van der Waals surface area contributed by atoms with Gasteiger partial charge >= 0.3 is 0 Å². The third kappa shape index (κ3) is 4.22. The summed E-state index contributed by atoms with van der Waals surface area (Å²) in [5, 5.41) is 3.56. The van der Waals surface area contributed by atoms with E-state index in [-0.39, 0.29) is 0 Å². The van der Waals surface area contributed by atoms with Gasteiger partial charge in [-0.25, -0.2) is 0 Å². The molecule has 0 radical (unpaired) electrons. The van der Waals surface area contributed by atoms with Crippen LogP contribution in [0.15, 0.2) is 18.2 Å². The van der Waals surface area contributed by atoms with E-state index < -0.39 is 0 Å². The number of nitrogens with one attached hydrogen (secondary N) is 1. The lowest BCUT2D eigenvalue weighted by atomic mass is 10.1. The van der Waals surface area contributed by atoms with Crippen molar-refractivity contribution in [2.45, 2.75) is 45.8 Å². The van der Waals surface area contributed by atoms with E-state index in [9.17, 15) is 0 Å². The highest BCUT2D eigenvalue weighted by molar-refractivity contribution is 5.37. The van der Waals surface area contributed by atoms with Gasteiger partial charge in [0.2, 0.25) is 0 Å². The number of methoxy groups -OCH3 is 1. The summed E-state index contributed by atoms with van der Waals surface area (Å²) in [5.74, 6) is 0.997. The Kier molecular flexibility index (Phi) is 5.23. The predicted octanol–water partition coefficient (Wildman–Crippen LogP) is 2.79. The van der Waals surface area contributed by atoms with Crippen LogP contribution < -0.4 is 10.1 Å². The predicted molar refractivity (Wildman–Crippen MR) is 79.5 cm³/mol. The maximum Gasteiger partial charge on any atom is 0.123 e. The molecule has 1 fully saturated rings. The Morgan fingerprint density at radius 3 is 2.58 bits per heavy atom. The van der Waals surface area contributed by atoms with E-state index >= 15 is 0 Å². The zero-order chi connectivity index (χ0) is 13.7. The summed E-state index contributed by atoms with van der Waals surface area (Å²) in [4.78, 5) is 2.43. The summed E-state index contributed by atoms with van der Waals surface area (Å²) >= 11 is 0. The van der Waals surface area contributed by atoms with Crippen LogP contribution in [0.25, 0.3) is 0 Å². The molecule has 1 aromatic carbocycles. The van der Waals surface area contributed by atoms with Crippen LogP contribution in [-0.4, -0.2) is 31.1 Å². The fourth-order valence-electron chi connectivity index (χ4n) is 2.32. The Hall–Kier alpha value is -1.06. The standard InChI is InChI=1S/C16H26N2O/c1-4-18(5-2)12-13-6-9-16(19-3)14(10-13)11-17-15-7-8-15/h6,9-10,15,17H,4-5,7-8,11-12H2,1-3H3. The van der Waals surface area contributed by atoms with Crippen LogP contribution in [0, 0.1) is 0 Å². The Labute approximate surface area is 116 Å². The monoisotopic (exact) mass is 262 g/mol. The summed E-state index contributed by atoms with van der Waals surface area (Å²) < 4.78 is 5.46.